The molecular weight excluding hydrogens is 422 g/mol. The van der Waals surface area contributed by atoms with Gasteiger partial charge < -0.3 is 9.32 Å². The lowest BCUT2D eigenvalue weighted by molar-refractivity contribution is -0.385. The van der Waals surface area contributed by atoms with Gasteiger partial charge in [0, 0.05) is 43.7 Å². The first-order valence-corrected chi connectivity index (χ1v) is 11.0. The molecule has 4 aromatic rings. The molecule has 31 heavy (non-hydrogen) atoms. The zero-order valence-corrected chi connectivity index (χ0v) is 17.0. The number of hydrogen-bond donors (Lipinski definition) is 0. The zero-order chi connectivity index (χ0) is 21.6. The van der Waals surface area contributed by atoms with E-state index in [-0.39, 0.29) is 23.7 Å². The van der Waals surface area contributed by atoms with E-state index in [0.717, 1.165) is 11.5 Å². The molecule has 1 aliphatic rings. The van der Waals surface area contributed by atoms with Crippen molar-refractivity contribution in [3.05, 3.63) is 65.0 Å². The van der Waals surface area contributed by atoms with E-state index in [1.165, 1.54) is 28.8 Å². The van der Waals surface area contributed by atoms with Gasteiger partial charge in [0.2, 0.25) is 10.0 Å². The van der Waals surface area contributed by atoms with Crippen molar-refractivity contribution in [2.45, 2.75) is 4.90 Å². The Labute approximate surface area is 176 Å². The number of nitro groups is 1. The van der Waals surface area contributed by atoms with Gasteiger partial charge in [0.25, 0.3) is 5.69 Å². The molecule has 0 unspecified atom stereocenters. The van der Waals surface area contributed by atoms with Crippen LogP contribution in [0.4, 0.5) is 11.5 Å². The monoisotopic (exact) mass is 439 g/mol. The van der Waals surface area contributed by atoms with E-state index in [0.29, 0.717) is 35.6 Å². The Bertz CT molecular complexity index is 1410. The third kappa shape index (κ3) is 3.27. The summed E-state index contributed by atoms with van der Waals surface area (Å²) in [6, 6.07) is 12.7. The van der Waals surface area contributed by atoms with Gasteiger partial charge in [-0.3, -0.25) is 10.1 Å². The van der Waals surface area contributed by atoms with Crippen molar-refractivity contribution in [3.63, 3.8) is 0 Å². The summed E-state index contributed by atoms with van der Waals surface area (Å²) in [5.74, 6) is 0.619. The number of benzene rings is 2. The van der Waals surface area contributed by atoms with Crippen molar-refractivity contribution in [3.8, 4) is 0 Å². The number of rotatable bonds is 4. The molecule has 0 radical (unpaired) electrons. The molecule has 1 aliphatic heterocycles. The first-order valence-electron chi connectivity index (χ1n) is 9.57. The van der Waals surface area contributed by atoms with Gasteiger partial charge in [0.1, 0.15) is 17.4 Å². The van der Waals surface area contributed by atoms with Crippen LogP contribution >= 0.6 is 0 Å². The Morgan fingerprint density at radius 3 is 2.55 bits per heavy atom. The largest absolute Gasteiger partial charge is 0.450 e. The number of para-hydroxylation sites is 1. The highest BCUT2D eigenvalue weighted by Crippen LogP contribution is 2.33. The van der Waals surface area contributed by atoms with Gasteiger partial charge in [-0.15, -0.1) is 0 Å². The van der Waals surface area contributed by atoms with Crippen LogP contribution in [0.15, 0.2) is 64.2 Å². The topological polar surface area (TPSA) is 123 Å². The molecule has 0 spiro atoms. The van der Waals surface area contributed by atoms with Crippen LogP contribution in [-0.2, 0) is 10.0 Å². The van der Waals surface area contributed by atoms with Crippen molar-refractivity contribution in [1.29, 1.82) is 0 Å². The van der Waals surface area contributed by atoms with Crippen LogP contribution in [0.25, 0.3) is 22.1 Å². The Kier molecular flexibility index (Phi) is 4.56. The lowest BCUT2D eigenvalue weighted by Crippen LogP contribution is -2.49. The van der Waals surface area contributed by atoms with E-state index in [9.17, 15) is 18.5 Å². The predicted octanol–water partition coefficient (Wildman–Crippen LogP) is 2.80. The standard InChI is InChI=1S/C20H17N5O5S/c26-25(27)14-4-3-5-15(12-14)31(28,29)24-10-8-23(9-11-24)20-19-18(21-13-22-20)16-6-1-2-7-17(16)30-19/h1-7,12-13H,8-11H2. The molecule has 1 fully saturated rings. The van der Waals surface area contributed by atoms with E-state index in [1.54, 1.807) is 0 Å². The van der Waals surface area contributed by atoms with Gasteiger partial charge >= 0.3 is 0 Å². The normalized spacial score (nSPS) is 15.5. The summed E-state index contributed by atoms with van der Waals surface area (Å²) in [5.41, 5.74) is 1.74. The van der Waals surface area contributed by atoms with Crippen LogP contribution in [-0.4, -0.2) is 53.8 Å². The SMILES string of the molecule is O=[N+]([O-])c1cccc(S(=O)(=O)N2CCN(c3ncnc4c3oc3ccccc34)CC2)c1. The van der Waals surface area contributed by atoms with E-state index in [4.69, 9.17) is 4.42 Å². The van der Waals surface area contributed by atoms with Crippen molar-refractivity contribution < 1.29 is 17.8 Å². The third-order valence-electron chi connectivity index (χ3n) is 5.34. The Morgan fingerprint density at radius 2 is 1.77 bits per heavy atom. The second kappa shape index (κ2) is 7.29. The number of nitrogens with zero attached hydrogens (tertiary/aromatic N) is 5. The quantitative estimate of drug-likeness (QED) is 0.351. The molecule has 2 aromatic carbocycles. The number of hydrogen-bond acceptors (Lipinski definition) is 8. The molecular formula is C20H17N5O5S. The predicted molar refractivity (Wildman–Crippen MR) is 113 cm³/mol. The van der Waals surface area contributed by atoms with Crippen molar-refractivity contribution in [2.24, 2.45) is 0 Å². The Hall–Kier alpha value is -3.57. The molecule has 0 bridgehead atoms. The van der Waals surface area contributed by atoms with Gasteiger partial charge in [-0.25, -0.2) is 18.4 Å². The maximum atomic E-state index is 13.0. The fourth-order valence-electron chi connectivity index (χ4n) is 3.78. The maximum absolute atomic E-state index is 13.0. The van der Waals surface area contributed by atoms with Gasteiger partial charge in [-0.2, -0.15) is 4.31 Å². The minimum Gasteiger partial charge on any atom is -0.450 e. The highest BCUT2D eigenvalue weighted by atomic mass is 32.2. The molecule has 3 heterocycles. The number of sulfonamides is 1. The minimum atomic E-state index is -3.84. The summed E-state index contributed by atoms with van der Waals surface area (Å²) in [6.45, 7) is 1.24. The molecule has 0 amide bonds. The molecule has 11 heteroatoms. The summed E-state index contributed by atoms with van der Waals surface area (Å²) < 4.78 is 33.3. The average Bonchev–Trinajstić information content (AvgIpc) is 3.18. The molecule has 1 saturated heterocycles. The molecule has 5 rings (SSSR count). The smallest absolute Gasteiger partial charge is 0.270 e. The average molecular weight is 439 g/mol. The van der Waals surface area contributed by atoms with Crippen molar-refractivity contribution >= 4 is 43.6 Å². The van der Waals surface area contributed by atoms with E-state index in [2.05, 4.69) is 9.97 Å². The molecule has 0 saturated carbocycles. The highest BCUT2D eigenvalue weighted by Gasteiger charge is 2.31. The van der Waals surface area contributed by atoms with Gasteiger partial charge in [0.15, 0.2) is 11.4 Å². The Balaban J connectivity index is 1.41. The third-order valence-corrected chi connectivity index (χ3v) is 7.24. The first-order chi connectivity index (χ1) is 14.9. The van der Waals surface area contributed by atoms with Crippen LogP contribution in [0.3, 0.4) is 0 Å². The summed E-state index contributed by atoms with van der Waals surface area (Å²) in [5, 5.41) is 11.9. The zero-order valence-electron chi connectivity index (χ0n) is 16.2. The molecule has 0 N–H and O–H groups in total. The van der Waals surface area contributed by atoms with Crippen LogP contribution in [0, 0.1) is 10.1 Å². The van der Waals surface area contributed by atoms with Gasteiger partial charge in [0.05, 0.1) is 9.82 Å². The second-order valence-corrected chi connectivity index (χ2v) is 9.06. The number of nitro benzene ring substituents is 1. The Morgan fingerprint density at radius 1 is 1.00 bits per heavy atom. The fourth-order valence-corrected chi connectivity index (χ4v) is 5.25. The lowest BCUT2D eigenvalue weighted by atomic mass is 10.2. The maximum Gasteiger partial charge on any atom is 0.270 e. The van der Waals surface area contributed by atoms with E-state index >= 15 is 0 Å². The number of piperazine rings is 1. The first kappa shape index (κ1) is 19.4. The molecule has 2 aromatic heterocycles. The second-order valence-electron chi connectivity index (χ2n) is 7.12. The molecule has 0 aliphatic carbocycles. The summed E-state index contributed by atoms with van der Waals surface area (Å²) in [6.07, 6.45) is 1.48. The molecule has 158 valence electrons. The van der Waals surface area contributed by atoms with E-state index in [1.807, 2.05) is 29.2 Å². The van der Waals surface area contributed by atoms with Gasteiger partial charge in [-0.05, 0) is 18.2 Å². The number of aromatic nitrogens is 2. The lowest BCUT2D eigenvalue weighted by Gasteiger charge is -2.34. The fraction of sp³-hybridized carbons (Fsp3) is 0.200. The minimum absolute atomic E-state index is 0.0862. The van der Waals surface area contributed by atoms with E-state index < -0.39 is 14.9 Å². The van der Waals surface area contributed by atoms with Crippen molar-refractivity contribution in [2.75, 3.05) is 31.1 Å². The van der Waals surface area contributed by atoms with Crippen molar-refractivity contribution in [1.82, 2.24) is 14.3 Å². The van der Waals surface area contributed by atoms with Crippen LogP contribution < -0.4 is 4.90 Å². The number of fused-ring (bicyclic) bond motifs is 3. The molecule has 10 nitrogen and oxygen atoms in total. The van der Waals surface area contributed by atoms with Crippen LogP contribution in [0.5, 0.6) is 0 Å². The van der Waals surface area contributed by atoms with Crippen LogP contribution in [0.1, 0.15) is 0 Å². The molecule has 0 atom stereocenters. The summed E-state index contributed by atoms with van der Waals surface area (Å²) in [7, 11) is -3.84. The highest BCUT2D eigenvalue weighted by molar-refractivity contribution is 7.89. The number of non-ortho nitro benzene ring substituents is 1. The summed E-state index contributed by atoms with van der Waals surface area (Å²) >= 11 is 0. The van der Waals surface area contributed by atoms with Crippen LogP contribution in [0.2, 0.25) is 0 Å². The number of furan rings is 1. The summed E-state index contributed by atoms with van der Waals surface area (Å²) in [4.78, 5) is 21.0. The number of anilines is 1. The van der Waals surface area contributed by atoms with Gasteiger partial charge in [-0.1, -0.05) is 18.2 Å².